The molecule has 0 aromatic heterocycles. The Bertz CT molecular complexity index is 973. The van der Waals surface area contributed by atoms with Crippen molar-refractivity contribution >= 4 is 28.1 Å². The molecule has 148 valence electrons. The lowest BCUT2D eigenvalue weighted by atomic mass is 10.2. The first-order valence-electron chi connectivity index (χ1n) is 9.08. The lowest BCUT2D eigenvalue weighted by molar-refractivity contribution is -0.123. The Morgan fingerprint density at radius 3 is 2.45 bits per heavy atom. The average molecular weight is 453 g/mol. The van der Waals surface area contributed by atoms with E-state index in [0.29, 0.717) is 12.4 Å². The summed E-state index contributed by atoms with van der Waals surface area (Å²) in [6.07, 6.45) is 1.57. The van der Waals surface area contributed by atoms with E-state index in [0.717, 1.165) is 26.9 Å². The van der Waals surface area contributed by atoms with Gasteiger partial charge in [-0.25, -0.2) is 5.43 Å². The minimum absolute atomic E-state index is 0.106. The van der Waals surface area contributed by atoms with Gasteiger partial charge in [-0.1, -0.05) is 46.3 Å². The summed E-state index contributed by atoms with van der Waals surface area (Å²) in [6.45, 7) is 2.37. The Balaban J connectivity index is 1.42. The first kappa shape index (κ1) is 20.6. The molecule has 0 atom stereocenters. The Morgan fingerprint density at radius 2 is 1.72 bits per heavy atom. The monoisotopic (exact) mass is 452 g/mol. The molecule has 0 radical (unpaired) electrons. The van der Waals surface area contributed by atoms with Crippen molar-refractivity contribution in [2.75, 3.05) is 6.61 Å². The molecule has 0 spiro atoms. The Kier molecular flexibility index (Phi) is 7.41. The lowest BCUT2D eigenvalue weighted by Gasteiger charge is -2.07. The number of hydrazone groups is 1. The maximum Gasteiger partial charge on any atom is 0.277 e. The minimum Gasteiger partial charge on any atom is -0.489 e. The van der Waals surface area contributed by atoms with E-state index in [9.17, 15) is 4.79 Å². The maximum atomic E-state index is 11.9. The standard InChI is InChI=1S/C23H21BrN2O3/c1-17-13-21(11-12-22(17)24)29-16-23(27)26-25-14-18-7-9-20(10-8-18)28-15-19-5-3-2-4-6-19/h2-14H,15-16H2,1H3,(H,26,27). The van der Waals surface area contributed by atoms with Gasteiger partial charge in [-0.2, -0.15) is 5.10 Å². The van der Waals surface area contributed by atoms with Crippen molar-refractivity contribution in [3.8, 4) is 11.5 Å². The van der Waals surface area contributed by atoms with E-state index in [1.54, 1.807) is 12.3 Å². The van der Waals surface area contributed by atoms with Crippen LogP contribution in [0.5, 0.6) is 11.5 Å². The normalized spacial score (nSPS) is 10.7. The molecule has 3 rings (SSSR count). The molecule has 3 aromatic rings. The van der Waals surface area contributed by atoms with Crippen LogP contribution in [-0.2, 0) is 11.4 Å². The summed E-state index contributed by atoms with van der Waals surface area (Å²) in [6, 6.07) is 23.0. The van der Waals surface area contributed by atoms with Crippen LogP contribution in [0.1, 0.15) is 16.7 Å². The summed E-state index contributed by atoms with van der Waals surface area (Å²) in [5, 5.41) is 3.96. The molecule has 0 aliphatic rings. The molecule has 1 N–H and O–H groups in total. The molecule has 0 saturated carbocycles. The van der Waals surface area contributed by atoms with Gasteiger partial charge in [0.2, 0.25) is 0 Å². The summed E-state index contributed by atoms with van der Waals surface area (Å²) < 4.78 is 12.2. The van der Waals surface area contributed by atoms with Crippen LogP contribution in [0.25, 0.3) is 0 Å². The number of carbonyl (C=O) groups excluding carboxylic acids is 1. The van der Waals surface area contributed by atoms with Crippen LogP contribution in [0.3, 0.4) is 0 Å². The van der Waals surface area contributed by atoms with Crippen LogP contribution in [0.2, 0.25) is 0 Å². The maximum absolute atomic E-state index is 11.9. The summed E-state index contributed by atoms with van der Waals surface area (Å²) in [5.41, 5.74) is 5.45. The predicted octanol–water partition coefficient (Wildman–Crippen LogP) is 4.87. The van der Waals surface area contributed by atoms with Gasteiger partial charge in [0.05, 0.1) is 6.21 Å². The number of amides is 1. The molecule has 0 fully saturated rings. The number of hydrogen-bond donors (Lipinski definition) is 1. The fourth-order valence-corrected chi connectivity index (χ4v) is 2.70. The van der Waals surface area contributed by atoms with Gasteiger partial charge in [0.15, 0.2) is 6.61 Å². The van der Waals surface area contributed by atoms with Crippen LogP contribution in [0.15, 0.2) is 82.4 Å². The van der Waals surface area contributed by atoms with Crippen molar-refractivity contribution in [3.63, 3.8) is 0 Å². The molecule has 0 saturated heterocycles. The number of nitrogens with one attached hydrogen (secondary N) is 1. The van der Waals surface area contributed by atoms with Crippen LogP contribution in [0, 0.1) is 6.92 Å². The highest BCUT2D eigenvalue weighted by Crippen LogP contribution is 2.21. The highest BCUT2D eigenvalue weighted by atomic mass is 79.9. The van der Waals surface area contributed by atoms with Gasteiger partial charge in [-0.3, -0.25) is 4.79 Å². The summed E-state index contributed by atoms with van der Waals surface area (Å²) in [5.74, 6) is 1.08. The van der Waals surface area contributed by atoms with E-state index in [-0.39, 0.29) is 12.5 Å². The fraction of sp³-hybridized carbons (Fsp3) is 0.130. The molecule has 0 bridgehead atoms. The number of aryl methyl sites for hydroxylation is 1. The van der Waals surface area contributed by atoms with E-state index in [1.165, 1.54) is 0 Å². The largest absolute Gasteiger partial charge is 0.489 e. The third kappa shape index (κ3) is 6.76. The number of ether oxygens (including phenoxy) is 2. The molecule has 6 heteroatoms. The highest BCUT2D eigenvalue weighted by molar-refractivity contribution is 9.10. The topological polar surface area (TPSA) is 59.9 Å². The quantitative estimate of drug-likeness (QED) is 0.391. The third-order valence-corrected chi connectivity index (χ3v) is 4.92. The van der Waals surface area contributed by atoms with Crippen molar-refractivity contribution in [1.82, 2.24) is 5.43 Å². The number of benzene rings is 3. The number of carbonyl (C=O) groups is 1. The molecule has 0 aliphatic heterocycles. The van der Waals surface area contributed by atoms with E-state index >= 15 is 0 Å². The Labute approximate surface area is 178 Å². The summed E-state index contributed by atoms with van der Waals surface area (Å²) in [4.78, 5) is 11.9. The van der Waals surface area contributed by atoms with Gasteiger partial charge in [0.25, 0.3) is 5.91 Å². The molecule has 0 heterocycles. The molecule has 3 aromatic carbocycles. The third-order valence-electron chi connectivity index (χ3n) is 4.03. The van der Waals surface area contributed by atoms with Crippen LogP contribution < -0.4 is 14.9 Å². The SMILES string of the molecule is Cc1cc(OCC(=O)NN=Cc2ccc(OCc3ccccc3)cc2)ccc1Br. The second-order valence-corrected chi connectivity index (χ2v) is 7.19. The lowest BCUT2D eigenvalue weighted by Crippen LogP contribution is -2.24. The van der Waals surface area contributed by atoms with Gasteiger partial charge < -0.3 is 9.47 Å². The zero-order valence-electron chi connectivity index (χ0n) is 16.0. The van der Waals surface area contributed by atoms with E-state index in [1.807, 2.05) is 73.7 Å². The van der Waals surface area contributed by atoms with Gasteiger partial charge in [-0.05, 0) is 66.1 Å². The molecule has 0 aliphatic carbocycles. The van der Waals surface area contributed by atoms with E-state index in [2.05, 4.69) is 26.5 Å². The van der Waals surface area contributed by atoms with Crippen molar-refractivity contribution in [2.45, 2.75) is 13.5 Å². The van der Waals surface area contributed by atoms with Crippen LogP contribution in [-0.4, -0.2) is 18.7 Å². The number of halogens is 1. The van der Waals surface area contributed by atoms with Gasteiger partial charge in [-0.15, -0.1) is 0 Å². The Morgan fingerprint density at radius 1 is 1.00 bits per heavy atom. The van der Waals surface area contributed by atoms with Crippen LogP contribution >= 0.6 is 15.9 Å². The highest BCUT2D eigenvalue weighted by Gasteiger charge is 2.03. The smallest absolute Gasteiger partial charge is 0.277 e. The molecule has 29 heavy (non-hydrogen) atoms. The first-order chi connectivity index (χ1) is 14.1. The Hall–Kier alpha value is -3.12. The summed E-state index contributed by atoms with van der Waals surface area (Å²) in [7, 11) is 0. The van der Waals surface area contributed by atoms with Crippen LogP contribution in [0.4, 0.5) is 0 Å². The molecule has 0 unspecified atom stereocenters. The number of rotatable bonds is 8. The number of hydrogen-bond acceptors (Lipinski definition) is 4. The van der Waals surface area contributed by atoms with Crippen molar-refractivity contribution in [2.24, 2.45) is 5.10 Å². The zero-order chi connectivity index (χ0) is 20.5. The first-order valence-corrected chi connectivity index (χ1v) is 9.87. The average Bonchev–Trinajstić information content (AvgIpc) is 2.75. The summed E-state index contributed by atoms with van der Waals surface area (Å²) >= 11 is 3.43. The van der Waals surface area contributed by atoms with Crippen molar-refractivity contribution < 1.29 is 14.3 Å². The van der Waals surface area contributed by atoms with Gasteiger partial charge in [0.1, 0.15) is 18.1 Å². The molecule has 1 amide bonds. The molecular formula is C23H21BrN2O3. The van der Waals surface area contributed by atoms with E-state index < -0.39 is 0 Å². The van der Waals surface area contributed by atoms with Gasteiger partial charge >= 0.3 is 0 Å². The second kappa shape index (κ2) is 10.4. The van der Waals surface area contributed by atoms with Crippen molar-refractivity contribution in [3.05, 3.63) is 94.0 Å². The minimum atomic E-state index is -0.329. The second-order valence-electron chi connectivity index (χ2n) is 6.34. The van der Waals surface area contributed by atoms with E-state index in [4.69, 9.17) is 9.47 Å². The zero-order valence-corrected chi connectivity index (χ0v) is 17.6. The molecular weight excluding hydrogens is 432 g/mol. The predicted molar refractivity (Wildman–Crippen MR) is 117 cm³/mol. The number of nitrogens with zero attached hydrogens (tertiary/aromatic N) is 1. The van der Waals surface area contributed by atoms with Crippen molar-refractivity contribution in [1.29, 1.82) is 0 Å². The molecule has 5 nitrogen and oxygen atoms in total. The fourth-order valence-electron chi connectivity index (χ4n) is 2.46. The van der Waals surface area contributed by atoms with Gasteiger partial charge in [0, 0.05) is 4.47 Å².